The molecule has 2 nitrogen and oxygen atoms in total. The molecule has 0 aromatic carbocycles. The molecular formula is C9H16N2. The molecule has 0 radical (unpaired) electrons. The van der Waals surface area contributed by atoms with E-state index >= 15 is 0 Å². The second kappa shape index (κ2) is 7.29. The topological polar surface area (TPSA) is 38.0 Å². The number of nitrogens with one attached hydrogen (secondary N) is 1. The molecule has 0 saturated heterocycles. The molecule has 0 saturated carbocycles. The maximum Gasteiger partial charge on any atom is 0.0265 e. The minimum atomic E-state index is 0.0950. The van der Waals surface area contributed by atoms with Crippen LogP contribution in [0, 0.1) is 0 Å². The third kappa shape index (κ3) is 7.07. The molecule has 0 rings (SSSR count). The normalized spacial score (nSPS) is 12.9. The largest absolute Gasteiger partial charge is 0.324 e. The SMILES string of the molecule is C=C=CCC(N)C=CCNC. The van der Waals surface area contributed by atoms with Gasteiger partial charge in [-0.05, 0) is 19.5 Å². The van der Waals surface area contributed by atoms with Crippen molar-refractivity contribution in [2.24, 2.45) is 5.73 Å². The van der Waals surface area contributed by atoms with E-state index in [2.05, 4.69) is 17.6 Å². The average molecular weight is 152 g/mol. The minimum Gasteiger partial charge on any atom is -0.324 e. The van der Waals surface area contributed by atoms with E-state index in [1.54, 1.807) is 0 Å². The van der Waals surface area contributed by atoms with Crippen LogP contribution in [0.2, 0.25) is 0 Å². The highest BCUT2D eigenvalue weighted by molar-refractivity contribution is 4.96. The lowest BCUT2D eigenvalue weighted by molar-refractivity contribution is 0.823. The number of likely N-dealkylation sites (N-methyl/N-ethyl adjacent to an activating group) is 1. The molecule has 11 heavy (non-hydrogen) atoms. The lowest BCUT2D eigenvalue weighted by Crippen LogP contribution is -2.16. The average Bonchev–Trinajstić information content (AvgIpc) is 2.01. The molecule has 0 bridgehead atoms. The van der Waals surface area contributed by atoms with E-state index in [1.807, 2.05) is 25.3 Å². The van der Waals surface area contributed by atoms with E-state index in [1.165, 1.54) is 0 Å². The number of hydrogen-bond donors (Lipinski definition) is 2. The summed E-state index contributed by atoms with van der Waals surface area (Å²) >= 11 is 0. The molecule has 0 aromatic rings. The Bertz CT molecular complexity index is 155. The van der Waals surface area contributed by atoms with Gasteiger partial charge in [-0.15, -0.1) is 5.73 Å². The summed E-state index contributed by atoms with van der Waals surface area (Å²) in [6.07, 6.45) is 6.64. The van der Waals surface area contributed by atoms with Gasteiger partial charge in [0.05, 0.1) is 0 Å². The van der Waals surface area contributed by atoms with Crippen molar-refractivity contribution >= 4 is 0 Å². The highest BCUT2D eigenvalue weighted by atomic mass is 14.8. The molecule has 62 valence electrons. The first kappa shape index (κ1) is 10.2. The maximum absolute atomic E-state index is 5.69. The summed E-state index contributed by atoms with van der Waals surface area (Å²) in [6, 6.07) is 0.0950. The van der Waals surface area contributed by atoms with E-state index in [4.69, 9.17) is 5.73 Å². The highest BCUT2D eigenvalue weighted by Crippen LogP contribution is 1.89. The van der Waals surface area contributed by atoms with Gasteiger partial charge in [-0.25, -0.2) is 0 Å². The predicted octanol–water partition coefficient (Wildman–Crippen LogP) is 0.821. The molecule has 0 heterocycles. The van der Waals surface area contributed by atoms with Gasteiger partial charge >= 0.3 is 0 Å². The van der Waals surface area contributed by atoms with Crippen LogP contribution in [0.15, 0.2) is 30.5 Å². The van der Waals surface area contributed by atoms with Crippen LogP contribution in [0.3, 0.4) is 0 Å². The van der Waals surface area contributed by atoms with Crippen molar-refractivity contribution in [3.8, 4) is 0 Å². The third-order valence-electron chi connectivity index (χ3n) is 1.24. The zero-order valence-corrected chi connectivity index (χ0v) is 7.01. The van der Waals surface area contributed by atoms with E-state index in [0.29, 0.717) is 0 Å². The lowest BCUT2D eigenvalue weighted by Gasteiger charge is -1.99. The summed E-state index contributed by atoms with van der Waals surface area (Å²) in [4.78, 5) is 0. The van der Waals surface area contributed by atoms with Gasteiger partial charge in [0.2, 0.25) is 0 Å². The number of nitrogens with two attached hydrogens (primary N) is 1. The van der Waals surface area contributed by atoms with Crippen LogP contribution in [-0.2, 0) is 0 Å². The van der Waals surface area contributed by atoms with Crippen molar-refractivity contribution in [2.45, 2.75) is 12.5 Å². The van der Waals surface area contributed by atoms with Crippen molar-refractivity contribution in [3.05, 3.63) is 30.5 Å². The minimum absolute atomic E-state index is 0.0950. The Kier molecular flexibility index (Phi) is 6.75. The Morgan fingerprint density at radius 3 is 3.00 bits per heavy atom. The summed E-state index contributed by atoms with van der Waals surface area (Å²) in [7, 11) is 1.90. The molecule has 0 aromatic heterocycles. The zero-order chi connectivity index (χ0) is 8.53. The van der Waals surface area contributed by atoms with Gasteiger partial charge in [0, 0.05) is 12.6 Å². The van der Waals surface area contributed by atoms with Crippen LogP contribution < -0.4 is 11.1 Å². The summed E-state index contributed by atoms with van der Waals surface area (Å²) in [5.41, 5.74) is 8.37. The second-order valence-corrected chi connectivity index (χ2v) is 2.29. The monoisotopic (exact) mass is 152 g/mol. The van der Waals surface area contributed by atoms with Gasteiger partial charge in [-0.3, -0.25) is 0 Å². The van der Waals surface area contributed by atoms with E-state index in [-0.39, 0.29) is 6.04 Å². The second-order valence-electron chi connectivity index (χ2n) is 2.29. The number of rotatable bonds is 5. The van der Waals surface area contributed by atoms with Crippen LogP contribution in [0.4, 0.5) is 0 Å². The molecule has 2 heteroatoms. The van der Waals surface area contributed by atoms with Crippen LogP contribution in [0.25, 0.3) is 0 Å². The summed E-state index contributed by atoms with van der Waals surface area (Å²) in [5, 5.41) is 3.00. The zero-order valence-electron chi connectivity index (χ0n) is 7.01. The smallest absolute Gasteiger partial charge is 0.0265 e. The van der Waals surface area contributed by atoms with Crippen molar-refractivity contribution in [1.29, 1.82) is 0 Å². The molecule has 0 aliphatic carbocycles. The van der Waals surface area contributed by atoms with Gasteiger partial charge in [-0.2, -0.15) is 0 Å². The Labute approximate surface area is 68.5 Å². The molecule has 0 aliphatic heterocycles. The Balaban J connectivity index is 3.49. The van der Waals surface area contributed by atoms with Crippen molar-refractivity contribution in [3.63, 3.8) is 0 Å². The van der Waals surface area contributed by atoms with Crippen LogP contribution in [-0.4, -0.2) is 19.6 Å². The van der Waals surface area contributed by atoms with E-state index < -0.39 is 0 Å². The molecular weight excluding hydrogens is 136 g/mol. The van der Waals surface area contributed by atoms with Crippen LogP contribution in [0.5, 0.6) is 0 Å². The Hall–Kier alpha value is -0.820. The Morgan fingerprint density at radius 1 is 1.73 bits per heavy atom. The summed E-state index contributed by atoms with van der Waals surface area (Å²) in [5.74, 6) is 0. The molecule has 0 aliphatic rings. The van der Waals surface area contributed by atoms with Gasteiger partial charge < -0.3 is 11.1 Å². The highest BCUT2D eigenvalue weighted by Gasteiger charge is 1.90. The predicted molar refractivity (Wildman–Crippen MR) is 49.4 cm³/mol. The van der Waals surface area contributed by atoms with Crippen LogP contribution >= 0.6 is 0 Å². The molecule has 0 fully saturated rings. The van der Waals surface area contributed by atoms with Crippen molar-refractivity contribution in [2.75, 3.05) is 13.6 Å². The fraction of sp³-hybridized carbons (Fsp3) is 0.444. The van der Waals surface area contributed by atoms with Gasteiger partial charge in [0.1, 0.15) is 0 Å². The first-order valence-electron chi connectivity index (χ1n) is 3.72. The lowest BCUT2D eigenvalue weighted by atomic mass is 10.2. The third-order valence-corrected chi connectivity index (χ3v) is 1.24. The van der Waals surface area contributed by atoms with Crippen LogP contribution in [0.1, 0.15) is 6.42 Å². The first-order valence-corrected chi connectivity index (χ1v) is 3.72. The summed E-state index contributed by atoms with van der Waals surface area (Å²) < 4.78 is 0. The van der Waals surface area contributed by atoms with Gasteiger partial charge in [0.25, 0.3) is 0 Å². The maximum atomic E-state index is 5.69. The summed E-state index contributed by atoms with van der Waals surface area (Å²) in [6.45, 7) is 4.32. The van der Waals surface area contributed by atoms with Crippen molar-refractivity contribution in [1.82, 2.24) is 5.32 Å². The Morgan fingerprint density at radius 2 is 2.45 bits per heavy atom. The van der Waals surface area contributed by atoms with E-state index in [9.17, 15) is 0 Å². The standard InChI is InChI=1S/C9H16N2/c1-3-4-6-9(10)7-5-8-11-2/h4-5,7,9,11H,1,6,8,10H2,2H3. The fourth-order valence-electron chi connectivity index (χ4n) is 0.659. The first-order chi connectivity index (χ1) is 5.31. The molecule has 3 N–H and O–H groups in total. The fourth-order valence-corrected chi connectivity index (χ4v) is 0.659. The van der Waals surface area contributed by atoms with Gasteiger partial charge in [-0.1, -0.05) is 18.7 Å². The molecule has 0 amide bonds. The number of hydrogen-bond acceptors (Lipinski definition) is 2. The molecule has 1 atom stereocenters. The van der Waals surface area contributed by atoms with Crippen molar-refractivity contribution < 1.29 is 0 Å². The van der Waals surface area contributed by atoms with Gasteiger partial charge in [0.15, 0.2) is 0 Å². The van der Waals surface area contributed by atoms with E-state index in [0.717, 1.165) is 13.0 Å². The quantitative estimate of drug-likeness (QED) is 0.452. The molecule has 1 unspecified atom stereocenters. The molecule has 0 spiro atoms.